The van der Waals surface area contributed by atoms with Gasteiger partial charge in [0.2, 0.25) is 0 Å². The number of aromatic nitrogens is 2. The van der Waals surface area contributed by atoms with Crippen LogP contribution in [0, 0.1) is 18.7 Å². The minimum atomic E-state index is -0.318. The third kappa shape index (κ3) is 2.56. The summed E-state index contributed by atoms with van der Waals surface area (Å²) in [5.74, 6) is 1.98. The SMILES string of the molecule is CCNc1nc(C2CCC(C)C2)nc(C)c1F. The molecular weight excluding hydrogens is 217 g/mol. The molecule has 1 aromatic rings. The smallest absolute Gasteiger partial charge is 0.186 e. The fourth-order valence-electron chi connectivity index (χ4n) is 2.49. The topological polar surface area (TPSA) is 37.8 Å². The van der Waals surface area contributed by atoms with Crippen molar-refractivity contribution in [1.29, 1.82) is 0 Å². The Kier molecular flexibility index (Phi) is 3.60. The van der Waals surface area contributed by atoms with Crippen molar-refractivity contribution in [3.8, 4) is 0 Å². The summed E-state index contributed by atoms with van der Waals surface area (Å²) in [5.41, 5.74) is 0.450. The molecule has 0 aromatic carbocycles. The van der Waals surface area contributed by atoms with E-state index in [1.807, 2.05) is 6.92 Å². The standard InChI is InChI=1S/C13H20FN3/c1-4-15-13-11(14)9(3)16-12(17-13)10-6-5-8(2)7-10/h8,10H,4-7H2,1-3H3,(H,15,16,17). The number of hydrogen-bond donors (Lipinski definition) is 1. The maximum atomic E-state index is 13.7. The van der Waals surface area contributed by atoms with Crippen LogP contribution in [0.3, 0.4) is 0 Å². The number of rotatable bonds is 3. The lowest BCUT2D eigenvalue weighted by Crippen LogP contribution is -2.10. The van der Waals surface area contributed by atoms with Crippen LogP contribution in [0.1, 0.15) is 50.5 Å². The predicted molar refractivity (Wildman–Crippen MR) is 66.6 cm³/mol. The lowest BCUT2D eigenvalue weighted by atomic mass is 10.1. The van der Waals surface area contributed by atoms with Crippen LogP contribution in [0.4, 0.5) is 10.2 Å². The first-order chi connectivity index (χ1) is 8.11. The van der Waals surface area contributed by atoms with E-state index in [4.69, 9.17) is 0 Å². The second-order valence-electron chi connectivity index (χ2n) is 4.98. The third-order valence-electron chi connectivity index (χ3n) is 3.44. The fourth-order valence-corrected chi connectivity index (χ4v) is 2.49. The number of hydrogen-bond acceptors (Lipinski definition) is 3. The summed E-state index contributed by atoms with van der Waals surface area (Å²) < 4.78 is 13.7. The van der Waals surface area contributed by atoms with E-state index >= 15 is 0 Å². The van der Waals surface area contributed by atoms with Gasteiger partial charge in [0.25, 0.3) is 0 Å². The molecule has 1 aliphatic carbocycles. The van der Waals surface area contributed by atoms with Gasteiger partial charge in [-0.2, -0.15) is 0 Å². The Morgan fingerprint density at radius 1 is 1.35 bits per heavy atom. The molecule has 1 aromatic heterocycles. The van der Waals surface area contributed by atoms with Gasteiger partial charge in [-0.05, 0) is 39.0 Å². The van der Waals surface area contributed by atoms with Gasteiger partial charge in [0.05, 0.1) is 5.69 Å². The molecule has 1 N–H and O–H groups in total. The number of anilines is 1. The van der Waals surface area contributed by atoms with Gasteiger partial charge in [-0.3, -0.25) is 0 Å². The van der Waals surface area contributed by atoms with Crippen molar-refractivity contribution < 1.29 is 4.39 Å². The number of halogens is 1. The van der Waals surface area contributed by atoms with Crippen LogP contribution in [0.5, 0.6) is 0 Å². The van der Waals surface area contributed by atoms with E-state index in [1.165, 1.54) is 6.42 Å². The van der Waals surface area contributed by atoms with Gasteiger partial charge < -0.3 is 5.32 Å². The Labute approximate surface area is 102 Å². The van der Waals surface area contributed by atoms with E-state index in [1.54, 1.807) is 6.92 Å². The average molecular weight is 237 g/mol. The van der Waals surface area contributed by atoms with Crippen molar-refractivity contribution in [3.05, 3.63) is 17.3 Å². The number of aryl methyl sites for hydroxylation is 1. The second kappa shape index (κ2) is 4.98. The van der Waals surface area contributed by atoms with E-state index in [2.05, 4.69) is 22.2 Å². The molecule has 0 aliphatic heterocycles. The number of nitrogens with zero attached hydrogens (tertiary/aromatic N) is 2. The third-order valence-corrected chi connectivity index (χ3v) is 3.44. The average Bonchev–Trinajstić information content (AvgIpc) is 2.71. The zero-order chi connectivity index (χ0) is 12.4. The maximum Gasteiger partial charge on any atom is 0.186 e. The van der Waals surface area contributed by atoms with Crippen molar-refractivity contribution >= 4 is 5.82 Å². The second-order valence-corrected chi connectivity index (χ2v) is 4.98. The summed E-state index contributed by atoms with van der Waals surface area (Å²) in [6.45, 7) is 6.57. The van der Waals surface area contributed by atoms with E-state index in [-0.39, 0.29) is 5.82 Å². The lowest BCUT2D eigenvalue weighted by Gasteiger charge is -2.12. The first kappa shape index (κ1) is 12.3. The molecule has 2 unspecified atom stereocenters. The summed E-state index contributed by atoms with van der Waals surface area (Å²) in [7, 11) is 0. The van der Waals surface area contributed by atoms with Crippen LogP contribution in [0.2, 0.25) is 0 Å². The zero-order valence-corrected chi connectivity index (χ0v) is 10.8. The Hall–Kier alpha value is -1.19. The molecular formula is C13H20FN3. The normalized spacial score (nSPS) is 24.0. The summed E-state index contributed by atoms with van der Waals surface area (Å²) in [5, 5.41) is 2.97. The van der Waals surface area contributed by atoms with Crippen LogP contribution in [0.15, 0.2) is 0 Å². The van der Waals surface area contributed by atoms with Gasteiger partial charge in [0.1, 0.15) is 5.82 Å². The van der Waals surface area contributed by atoms with Crippen molar-refractivity contribution in [2.24, 2.45) is 5.92 Å². The summed E-state index contributed by atoms with van der Waals surface area (Å²) in [6.07, 6.45) is 3.47. The molecule has 1 heterocycles. The molecule has 2 rings (SSSR count). The first-order valence-electron chi connectivity index (χ1n) is 6.39. The van der Waals surface area contributed by atoms with Crippen LogP contribution < -0.4 is 5.32 Å². The molecule has 17 heavy (non-hydrogen) atoms. The highest BCUT2D eigenvalue weighted by Crippen LogP contribution is 2.37. The monoisotopic (exact) mass is 237 g/mol. The lowest BCUT2D eigenvalue weighted by molar-refractivity contribution is 0.567. The highest BCUT2D eigenvalue weighted by Gasteiger charge is 2.26. The fraction of sp³-hybridized carbons (Fsp3) is 0.692. The molecule has 94 valence electrons. The molecule has 3 nitrogen and oxygen atoms in total. The molecule has 0 radical (unpaired) electrons. The van der Waals surface area contributed by atoms with Crippen LogP contribution in [0.25, 0.3) is 0 Å². The van der Waals surface area contributed by atoms with Gasteiger partial charge >= 0.3 is 0 Å². The molecule has 0 saturated heterocycles. The predicted octanol–water partition coefficient (Wildman–Crippen LogP) is 3.26. The molecule has 0 amide bonds. The van der Waals surface area contributed by atoms with E-state index < -0.39 is 0 Å². The first-order valence-corrected chi connectivity index (χ1v) is 6.39. The van der Waals surface area contributed by atoms with E-state index in [9.17, 15) is 4.39 Å². The minimum absolute atomic E-state index is 0.318. The van der Waals surface area contributed by atoms with Crippen molar-refractivity contribution in [2.75, 3.05) is 11.9 Å². The van der Waals surface area contributed by atoms with E-state index in [0.29, 0.717) is 24.0 Å². The van der Waals surface area contributed by atoms with Gasteiger partial charge in [-0.25, -0.2) is 14.4 Å². The van der Waals surface area contributed by atoms with Crippen LogP contribution >= 0.6 is 0 Å². The highest BCUT2D eigenvalue weighted by molar-refractivity contribution is 5.38. The number of nitrogens with one attached hydrogen (secondary N) is 1. The Balaban J connectivity index is 2.28. The summed E-state index contributed by atoms with van der Waals surface area (Å²) >= 11 is 0. The zero-order valence-electron chi connectivity index (χ0n) is 10.8. The minimum Gasteiger partial charge on any atom is -0.368 e. The summed E-state index contributed by atoms with van der Waals surface area (Å²) in [6, 6.07) is 0. The van der Waals surface area contributed by atoms with Crippen LogP contribution in [-0.2, 0) is 0 Å². The van der Waals surface area contributed by atoms with Crippen molar-refractivity contribution in [2.45, 2.75) is 46.0 Å². The molecule has 0 bridgehead atoms. The van der Waals surface area contributed by atoms with Gasteiger partial charge in [-0.15, -0.1) is 0 Å². The molecule has 1 saturated carbocycles. The molecule has 4 heteroatoms. The quantitative estimate of drug-likeness (QED) is 0.876. The molecule has 1 fully saturated rings. The Morgan fingerprint density at radius 3 is 2.71 bits per heavy atom. The van der Waals surface area contributed by atoms with Crippen molar-refractivity contribution in [3.63, 3.8) is 0 Å². The van der Waals surface area contributed by atoms with Crippen molar-refractivity contribution in [1.82, 2.24) is 9.97 Å². The molecule has 1 aliphatic rings. The Bertz CT molecular complexity index is 406. The summed E-state index contributed by atoms with van der Waals surface area (Å²) in [4.78, 5) is 8.65. The maximum absolute atomic E-state index is 13.7. The van der Waals surface area contributed by atoms with E-state index in [0.717, 1.165) is 24.6 Å². The molecule has 2 atom stereocenters. The van der Waals surface area contributed by atoms with Gasteiger partial charge in [0, 0.05) is 12.5 Å². The Morgan fingerprint density at radius 2 is 2.12 bits per heavy atom. The largest absolute Gasteiger partial charge is 0.368 e. The highest BCUT2D eigenvalue weighted by atomic mass is 19.1. The van der Waals surface area contributed by atoms with Gasteiger partial charge in [0.15, 0.2) is 11.6 Å². The van der Waals surface area contributed by atoms with Gasteiger partial charge in [-0.1, -0.05) is 6.92 Å². The van der Waals surface area contributed by atoms with Crippen LogP contribution in [-0.4, -0.2) is 16.5 Å². The molecule has 0 spiro atoms.